The van der Waals surface area contributed by atoms with Crippen LogP contribution in [0.25, 0.3) is 0 Å². The van der Waals surface area contributed by atoms with Gasteiger partial charge in [-0.3, -0.25) is 9.10 Å². The summed E-state index contributed by atoms with van der Waals surface area (Å²) >= 11 is 0. The first kappa shape index (κ1) is 20.0. The Morgan fingerprint density at radius 3 is 2.23 bits per heavy atom. The van der Waals surface area contributed by atoms with Crippen molar-refractivity contribution in [3.63, 3.8) is 0 Å². The Morgan fingerprint density at radius 2 is 1.62 bits per heavy atom. The van der Waals surface area contributed by atoms with Gasteiger partial charge in [-0.05, 0) is 43.5 Å². The average Bonchev–Trinajstić information content (AvgIpc) is 2.55. The van der Waals surface area contributed by atoms with Crippen molar-refractivity contribution in [1.29, 1.82) is 0 Å². The van der Waals surface area contributed by atoms with Crippen molar-refractivity contribution in [2.45, 2.75) is 27.2 Å². The lowest BCUT2D eigenvalue weighted by Gasteiger charge is -2.24. The number of nitrogens with one attached hydrogen (secondary N) is 1. The number of amides is 1. The molecule has 0 aliphatic heterocycles. The molecule has 2 aromatic carbocycles. The molecule has 6 heteroatoms. The molecule has 0 unspecified atom stereocenters. The molecule has 0 bridgehead atoms. The van der Waals surface area contributed by atoms with Crippen LogP contribution in [0, 0.1) is 20.8 Å². The summed E-state index contributed by atoms with van der Waals surface area (Å²) in [5.74, 6) is -0.122. The topological polar surface area (TPSA) is 66.5 Å². The van der Waals surface area contributed by atoms with E-state index in [1.54, 1.807) is 0 Å². The number of anilines is 1. The van der Waals surface area contributed by atoms with Crippen LogP contribution >= 0.6 is 0 Å². The molecule has 140 valence electrons. The SMILES string of the molecule is Cc1ccc(CC(=O)NCCN(c2cc(C)ccc2C)S(C)(=O)=O)cc1. The van der Waals surface area contributed by atoms with Crippen LogP contribution in [0.4, 0.5) is 5.69 Å². The molecule has 0 saturated carbocycles. The number of hydrogen-bond acceptors (Lipinski definition) is 3. The van der Waals surface area contributed by atoms with Crippen molar-refractivity contribution in [3.05, 3.63) is 64.7 Å². The lowest BCUT2D eigenvalue weighted by atomic mass is 10.1. The van der Waals surface area contributed by atoms with Gasteiger partial charge in [-0.15, -0.1) is 0 Å². The molecule has 0 saturated heterocycles. The van der Waals surface area contributed by atoms with Gasteiger partial charge in [0.15, 0.2) is 0 Å². The third kappa shape index (κ3) is 5.59. The third-order valence-electron chi connectivity index (χ3n) is 4.16. The van der Waals surface area contributed by atoms with Crippen molar-refractivity contribution in [2.24, 2.45) is 0 Å². The quantitative estimate of drug-likeness (QED) is 0.810. The van der Waals surface area contributed by atoms with Crippen molar-refractivity contribution >= 4 is 21.6 Å². The van der Waals surface area contributed by atoms with E-state index < -0.39 is 10.0 Å². The standard InChI is InChI=1S/C20H26N2O3S/c1-15-6-9-18(10-7-15)14-20(23)21-11-12-22(26(4,24)25)19-13-16(2)5-8-17(19)3/h5-10,13H,11-12,14H2,1-4H3,(H,21,23). The van der Waals surface area contributed by atoms with Crippen LogP contribution < -0.4 is 9.62 Å². The van der Waals surface area contributed by atoms with Gasteiger partial charge in [-0.25, -0.2) is 8.42 Å². The fraction of sp³-hybridized carbons (Fsp3) is 0.350. The molecule has 0 fully saturated rings. The van der Waals surface area contributed by atoms with Crippen molar-refractivity contribution in [3.8, 4) is 0 Å². The molecule has 0 spiro atoms. The first-order valence-corrected chi connectivity index (χ1v) is 10.4. The predicted octanol–water partition coefficient (Wildman–Crippen LogP) is 2.74. The van der Waals surface area contributed by atoms with E-state index in [1.165, 1.54) is 10.6 Å². The normalized spacial score (nSPS) is 11.2. The second kappa shape index (κ2) is 8.36. The summed E-state index contributed by atoms with van der Waals surface area (Å²) in [6, 6.07) is 13.5. The third-order valence-corrected chi connectivity index (χ3v) is 5.34. The maximum absolute atomic E-state index is 12.2. The minimum Gasteiger partial charge on any atom is -0.354 e. The second-order valence-electron chi connectivity index (χ2n) is 6.64. The zero-order valence-electron chi connectivity index (χ0n) is 15.7. The first-order chi connectivity index (χ1) is 12.2. The minimum atomic E-state index is -3.44. The summed E-state index contributed by atoms with van der Waals surface area (Å²) in [5.41, 5.74) is 4.60. The molecule has 0 aromatic heterocycles. The Labute approximate surface area is 156 Å². The molecule has 2 aromatic rings. The number of benzene rings is 2. The molecule has 0 atom stereocenters. The van der Waals surface area contributed by atoms with E-state index >= 15 is 0 Å². The smallest absolute Gasteiger partial charge is 0.232 e. The highest BCUT2D eigenvalue weighted by molar-refractivity contribution is 7.92. The van der Waals surface area contributed by atoms with Crippen molar-refractivity contribution in [2.75, 3.05) is 23.7 Å². The lowest BCUT2D eigenvalue weighted by Crippen LogP contribution is -2.39. The lowest BCUT2D eigenvalue weighted by molar-refractivity contribution is -0.120. The van der Waals surface area contributed by atoms with E-state index in [1.807, 2.05) is 63.2 Å². The number of nitrogens with zero attached hydrogens (tertiary/aromatic N) is 1. The van der Waals surface area contributed by atoms with Gasteiger partial charge in [-0.1, -0.05) is 42.0 Å². The molecule has 0 aliphatic carbocycles. The van der Waals surface area contributed by atoms with Gasteiger partial charge in [-0.2, -0.15) is 0 Å². The summed E-state index contributed by atoms with van der Waals surface area (Å²) in [7, 11) is -3.44. The number of carbonyl (C=O) groups is 1. The Hall–Kier alpha value is -2.34. The van der Waals surface area contributed by atoms with Crippen LogP contribution in [0.15, 0.2) is 42.5 Å². The predicted molar refractivity (Wildman–Crippen MR) is 106 cm³/mol. The summed E-state index contributed by atoms with van der Waals surface area (Å²) in [6.45, 7) is 6.25. The van der Waals surface area contributed by atoms with E-state index in [0.29, 0.717) is 5.69 Å². The maximum atomic E-state index is 12.2. The summed E-state index contributed by atoms with van der Waals surface area (Å²) in [5, 5.41) is 2.81. The molecule has 0 aliphatic rings. The van der Waals surface area contributed by atoms with Gasteiger partial charge in [0.1, 0.15) is 0 Å². The Kier molecular flexibility index (Phi) is 6.42. The van der Waals surface area contributed by atoms with E-state index in [2.05, 4.69) is 5.32 Å². The summed E-state index contributed by atoms with van der Waals surface area (Å²) < 4.78 is 25.8. The fourth-order valence-electron chi connectivity index (χ4n) is 2.70. The van der Waals surface area contributed by atoms with Gasteiger partial charge in [0.25, 0.3) is 0 Å². The second-order valence-corrected chi connectivity index (χ2v) is 8.54. The molecule has 0 heterocycles. The molecule has 2 rings (SSSR count). The minimum absolute atomic E-state index is 0.122. The maximum Gasteiger partial charge on any atom is 0.232 e. The molecular formula is C20H26N2O3S. The fourth-order valence-corrected chi connectivity index (χ4v) is 3.68. The van der Waals surface area contributed by atoms with E-state index in [-0.39, 0.29) is 25.4 Å². The number of carbonyl (C=O) groups excluding carboxylic acids is 1. The summed E-state index contributed by atoms with van der Waals surface area (Å²) in [4.78, 5) is 12.1. The molecule has 5 nitrogen and oxygen atoms in total. The van der Waals surface area contributed by atoms with Gasteiger partial charge in [0, 0.05) is 6.54 Å². The first-order valence-electron chi connectivity index (χ1n) is 8.54. The van der Waals surface area contributed by atoms with E-state index in [0.717, 1.165) is 22.3 Å². The highest BCUT2D eigenvalue weighted by Gasteiger charge is 2.19. The van der Waals surface area contributed by atoms with Crippen LogP contribution in [0.1, 0.15) is 22.3 Å². The van der Waals surface area contributed by atoms with Gasteiger partial charge in [0.2, 0.25) is 15.9 Å². The van der Waals surface area contributed by atoms with Gasteiger partial charge in [0.05, 0.1) is 24.9 Å². The number of sulfonamides is 1. The van der Waals surface area contributed by atoms with Crippen LogP contribution in [0.3, 0.4) is 0 Å². The highest BCUT2D eigenvalue weighted by Crippen LogP contribution is 2.23. The highest BCUT2D eigenvalue weighted by atomic mass is 32.2. The molecule has 0 radical (unpaired) electrons. The molecular weight excluding hydrogens is 348 g/mol. The number of rotatable bonds is 7. The Morgan fingerprint density at radius 1 is 1.00 bits per heavy atom. The van der Waals surface area contributed by atoms with Gasteiger partial charge < -0.3 is 5.32 Å². The number of hydrogen-bond donors (Lipinski definition) is 1. The Balaban J connectivity index is 2.01. The van der Waals surface area contributed by atoms with Crippen LogP contribution in [0.2, 0.25) is 0 Å². The van der Waals surface area contributed by atoms with Gasteiger partial charge >= 0.3 is 0 Å². The Bertz CT molecular complexity index is 874. The molecule has 1 N–H and O–H groups in total. The zero-order valence-corrected chi connectivity index (χ0v) is 16.6. The average molecular weight is 375 g/mol. The molecule has 1 amide bonds. The number of aryl methyl sites for hydroxylation is 3. The van der Waals surface area contributed by atoms with Crippen molar-refractivity contribution in [1.82, 2.24) is 5.32 Å². The monoisotopic (exact) mass is 374 g/mol. The molecule has 26 heavy (non-hydrogen) atoms. The zero-order chi connectivity index (χ0) is 19.3. The van der Waals surface area contributed by atoms with E-state index in [9.17, 15) is 13.2 Å². The van der Waals surface area contributed by atoms with Crippen LogP contribution in [-0.4, -0.2) is 33.7 Å². The van der Waals surface area contributed by atoms with Crippen LogP contribution in [0.5, 0.6) is 0 Å². The van der Waals surface area contributed by atoms with E-state index in [4.69, 9.17) is 0 Å². The largest absolute Gasteiger partial charge is 0.354 e. The van der Waals surface area contributed by atoms with Crippen molar-refractivity contribution < 1.29 is 13.2 Å². The van der Waals surface area contributed by atoms with Crippen LogP contribution in [-0.2, 0) is 21.2 Å². The summed E-state index contributed by atoms with van der Waals surface area (Å²) in [6.07, 6.45) is 1.46.